The van der Waals surface area contributed by atoms with E-state index in [-0.39, 0.29) is 24.3 Å². The molecule has 0 aliphatic carbocycles. The molecule has 1 aromatic carbocycles. The first-order valence-corrected chi connectivity index (χ1v) is 6.63. The van der Waals surface area contributed by atoms with Crippen molar-refractivity contribution in [2.24, 2.45) is 0 Å². The van der Waals surface area contributed by atoms with Gasteiger partial charge in [0.2, 0.25) is 5.91 Å². The van der Waals surface area contributed by atoms with Gasteiger partial charge in [0.1, 0.15) is 6.04 Å². The van der Waals surface area contributed by atoms with Gasteiger partial charge in [-0.2, -0.15) is 0 Å². The summed E-state index contributed by atoms with van der Waals surface area (Å²) in [7, 11) is 1.38. The zero-order valence-electron chi connectivity index (χ0n) is 12.4. The van der Waals surface area contributed by atoms with Crippen LogP contribution in [0, 0.1) is 0 Å². The number of benzene rings is 1. The number of carboxylic acid groups (broad SMARTS) is 2. The molecule has 1 aromatic rings. The SMILES string of the molecule is COc1cc(C=CC(=O)N[C@@H](CCC(=O)O)C(=O)O)ccc1O. The lowest BCUT2D eigenvalue weighted by Crippen LogP contribution is -2.40. The van der Waals surface area contributed by atoms with E-state index in [9.17, 15) is 19.5 Å². The van der Waals surface area contributed by atoms with Crippen LogP contribution in [0.25, 0.3) is 6.08 Å². The summed E-state index contributed by atoms with van der Waals surface area (Å²) in [5.41, 5.74) is 0.562. The van der Waals surface area contributed by atoms with Gasteiger partial charge >= 0.3 is 11.9 Å². The Morgan fingerprint density at radius 1 is 1.30 bits per heavy atom. The van der Waals surface area contributed by atoms with Crippen molar-refractivity contribution in [1.82, 2.24) is 5.32 Å². The Morgan fingerprint density at radius 2 is 2.00 bits per heavy atom. The van der Waals surface area contributed by atoms with Crippen molar-refractivity contribution < 1.29 is 34.4 Å². The molecule has 8 heteroatoms. The topological polar surface area (TPSA) is 133 Å². The molecule has 0 spiro atoms. The fourth-order valence-electron chi connectivity index (χ4n) is 1.71. The van der Waals surface area contributed by atoms with Gasteiger partial charge in [0.05, 0.1) is 7.11 Å². The predicted octanol–water partition coefficient (Wildman–Crippen LogP) is 0.848. The van der Waals surface area contributed by atoms with Crippen molar-refractivity contribution >= 4 is 23.9 Å². The van der Waals surface area contributed by atoms with E-state index in [4.69, 9.17) is 14.9 Å². The van der Waals surface area contributed by atoms with Gasteiger partial charge in [-0.3, -0.25) is 9.59 Å². The number of carboxylic acids is 2. The van der Waals surface area contributed by atoms with Crippen molar-refractivity contribution in [1.29, 1.82) is 0 Å². The first kappa shape index (κ1) is 18.0. The Morgan fingerprint density at radius 3 is 2.57 bits per heavy atom. The number of amides is 1. The molecule has 0 bridgehead atoms. The van der Waals surface area contributed by atoms with E-state index in [0.717, 1.165) is 6.08 Å². The molecule has 23 heavy (non-hydrogen) atoms. The number of phenols is 1. The third kappa shape index (κ3) is 6.08. The number of hydrogen-bond donors (Lipinski definition) is 4. The summed E-state index contributed by atoms with van der Waals surface area (Å²) in [6, 6.07) is 3.15. The Bertz CT molecular complexity index is 624. The van der Waals surface area contributed by atoms with E-state index in [2.05, 4.69) is 5.32 Å². The van der Waals surface area contributed by atoms with Crippen LogP contribution < -0.4 is 10.1 Å². The third-order valence-electron chi connectivity index (χ3n) is 2.89. The number of methoxy groups -OCH3 is 1. The first-order valence-electron chi connectivity index (χ1n) is 6.63. The van der Waals surface area contributed by atoms with Gasteiger partial charge in [-0.05, 0) is 30.2 Å². The average molecular weight is 323 g/mol. The molecule has 0 unspecified atom stereocenters. The molecule has 1 amide bonds. The molecular formula is C15H17NO7. The maximum atomic E-state index is 11.7. The number of carbonyl (C=O) groups is 3. The molecule has 0 aliphatic heterocycles. The molecule has 0 aliphatic rings. The van der Waals surface area contributed by atoms with E-state index in [1.54, 1.807) is 6.07 Å². The number of carbonyl (C=O) groups excluding carboxylic acids is 1. The molecule has 8 nitrogen and oxygen atoms in total. The van der Waals surface area contributed by atoms with Gasteiger partial charge in [-0.15, -0.1) is 0 Å². The van der Waals surface area contributed by atoms with Crippen LogP contribution in [0.1, 0.15) is 18.4 Å². The lowest BCUT2D eigenvalue weighted by molar-refractivity contribution is -0.142. The summed E-state index contributed by atoms with van der Waals surface area (Å²) >= 11 is 0. The highest BCUT2D eigenvalue weighted by Crippen LogP contribution is 2.26. The minimum atomic E-state index is -1.31. The molecule has 1 atom stereocenters. The standard InChI is InChI=1S/C15H17NO7/c1-23-12-8-9(2-5-11(12)17)3-6-13(18)16-10(15(21)22)4-7-14(19)20/h2-3,5-6,8,10,17H,4,7H2,1H3,(H,16,18)(H,19,20)(H,21,22)/t10-/m0/s1. The Kier molecular flexibility index (Phi) is 6.60. The fourth-order valence-corrected chi connectivity index (χ4v) is 1.71. The molecule has 0 saturated heterocycles. The largest absolute Gasteiger partial charge is 0.504 e. The summed E-state index contributed by atoms with van der Waals surface area (Å²) in [6.07, 6.45) is 1.95. The molecule has 1 rings (SSSR count). The second kappa shape index (κ2) is 8.42. The van der Waals surface area contributed by atoms with E-state index < -0.39 is 23.9 Å². The summed E-state index contributed by atoms with van der Waals surface area (Å²) in [4.78, 5) is 33.1. The summed E-state index contributed by atoms with van der Waals surface area (Å²) < 4.78 is 4.93. The lowest BCUT2D eigenvalue weighted by Gasteiger charge is -2.11. The molecule has 4 N–H and O–H groups in total. The molecule has 0 saturated carbocycles. The zero-order valence-corrected chi connectivity index (χ0v) is 12.4. The predicted molar refractivity (Wildman–Crippen MR) is 80.1 cm³/mol. The first-order chi connectivity index (χ1) is 10.8. The van der Waals surface area contributed by atoms with Crippen LogP contribution in [0.5, 0.6) is 11.5 Å². The molecular weight excluding hydrogens is 306 g/mol. The van der Waals surface area contributed by atoms with Crippen LogP contribution in [0.15, 0.2) is 24.3 Å². The summed E-state index contributed by atoms with van der Waals surface area (Å²) in [6.45, 7) is 0. The molecule has 0 aromatic heterocycles. The highest BCUT2D eigenvalue weighted by molar-refractivity contribution is 5.94. The van der Waals surface area contributed by atoms with Crippen molar-refractivity contribution in [3.05, 3.63) is 29.8 Å². The Balaban J connectivity index is 2.70. The highest BCUT2D eigenvalue weighted by atomic mass is 16.5. The average Bonchev–Trinajstić information content (AvgIpc) is 2.50. The summed E-state index contributed by atoms with van der Waals surface area (Å²) in [5.74, 6) is -2.93. The van der Waals surface area contributed by atoms with Crippen LogP contribution in [-0.2, 0) is 14.4 Å². The van der Waals surface area contributed by atoms with Crippen molar-refractivity contribution in [2.45, 2.75) is 18.9 Å². The van der Waals surface area contributed by atoms with Crippen molar-refractivity contribution in [3.8, 4) is 11.5 Å². The normalized spacial score (nSPS) is 11.9. The second-order valence-corrected chi connectivity index (χ2v) is 4.60. The van der Waals surface area contributed by atoms with E-state index >= 15 is 0 Å². The maximum absolute atomic E-state index is 11.7. The monoisotopic (exact) mass is 323 g/mol. The molecule has 0 heterocycles. The minimum Gasteiger partial charge on any atom is -0.504 e. The van der Waals surface area contributed by atoms with Crippen LogP contribution in [0.3, 0.4) is 0 Å². The van der Waals surface area contributed by atoms with Crippen LogP contribution in [-0.4, -0.2) is 46.3 Å². The number of aromatic hydroxyl groups is 1. The fraction of sp³-hybridized carbons (Fsp3) is 0.267. The van der Waals surface area contributed by atoms with Crippen molar-refractivity contribution in [3.63, 3.8) is 0 Å². The number of hydrogen-bond acceptors (Lipinski definition) is 5. The van der Waals surface area contributed by atoms with Gasteiger partial charge in [0, 0.05) is 12.5 Å². The van der Waals surface area contributed by atoms with E-state index in [0.29, 0.717) is 5.56 Å². The minimum absolute atomic E-state index is 0.0475. The zero-order chi connectivity index (χ0) is 17.4. The van der Waals surface area contributed by atoms with Gasteiger partial charge in [-0.1, -0.05) is 6.07 Å². The molecule has 0 radical (unpaired) electrons. The van der Waals surface area contributed by atoms with Gasteiger partial charge < -0.3 is 25.4 Å². The lowest BCUT2D eigenvalue weighted by atomic mass is 10.1. The van der Waals surface area contributed by atoms with Crippen molar-refractivity contribution in [2.75, 3.05) is 7.11 Å². The van der Waals surface area contributed by atoms with Gasteiger partial charge in [-0.25, -0.2) is 4.79 Å². The number of nitrogens with one attached hydrogen (secondary N) is 1. The van der Waals surface area contributed by atoms with Crippen LogP contribution >= 0.6 is 0 Å². The van der Waals surface area contributed by atoms with Gasteiger partial charge in [0.25, 0.3) is 0 Å². The smallest absolute Gasteiger partial charge is 0.326 e. The highest BCUT2D eigenvalue weighted by Gasteiger charge is 2.19. The number of ether oxygens (including phenoxy) is 1. The van der Waals surface area contributed by atoms with Gasteiger partial charge in [0.15, 0.2) is 11.5 Å². The summed E-state index contributed by atoms with van der Waals surface area (Å²) in [5, 5.41) is 29.2. The number of aliphatic carboxylic acids is 2. The number of phenolic OH excluding ortho intramolecular Hbond substituents is 1. The second-order valence-electron chi connectivity index (χ2n) is 4.60. The molecule has 0 fully saturated rings. The molecule has 124 valence electrons. The Hall–Kier alpha value is -3.03. The quantitative estimate of drug-likeness (QED) is 0.521. The van der Waals surface area contributed by atoms with E-state index in [1.165, 1.54) is 25.3 Å². The van der Waals surface area contributed by atoms with E-state index in [1.807, 2.05) is 0 Å². The third-order valence-corrected chi connectivity index (χ3v) is 2.89. The number of rotatable bonds is 8. The maximum Gasteiger partial charge on any atom is 0.326 e. The van der Waals surface area contributed by atoms with Crippen LogP contribution in [0.2, 0.25) is 0 Å². The van der Waals surface area contributed by atoms with Crippen LogP contribution in [0.4, 0.5) is 0 Å². The Labute approximate surface area is 132 Å².